The molecule has 2 N–H and O–H groups in total. The van der Waals surface area contributed by atoms with E-state index in [9.17, 15) is 9.59 Å². The molecule has 0 unspecified atom stereocenters. The van der Waals surface area contributed by atoms with Gasteiger partial charge in [0.25, 0.3) is 11.8 Å². The van der Waals surface area contributed by atoms with Crippen LogP contribution in [0.4, 0.5) is 5.69 Å². The number of nitrogens with one attached hydrogen (secondary N) is 2. The van der Waals surface area contributed by atoms with Gasteiger partial charge in [-0.3, -0.25) is 9.59 Å². The van der Waals surface area contributed by atoms with Gasteiger partial charge in [0, 0.05) is 17.7 Å². The minimum absolute atomic E-state index is 0.00759. The first-order chi connectivity index (χ1) is 11.2. The quantitative estimate of drug-likeness (QED) is 0.905. The van der Waals surface area contributed by atoms with Crippen LogP contribution in [-0.2, 0) is 11.3 Å². The number of benzene rings is 2. The molecule has 6 nitrogen and oxygen atoms in total. The highest BCUT2D eigenvalue weighted by Crippen LogP contribution is 2.28. The number of fused-ring (bicyclic) bond motifs is 1. The van der Waals surface area contributed by atoms with Crippen LogP contribution in [0.2, 0.25) is 0 Å². The third-order valence-corrected chi connectivity index (χ3v) is 3.51. The van der Waals surface area contributed by atoms with Crippen molar-refractivity contribution in [2.24, 2.45) is 0 Å². The molecule has 2 aromatic carbocycles. The second-order valence-corrected chi connectivity index (χ2v) is 5.04. The SMILES string of the molecule is COc1ccccc1CNC(=O)c1ccc2c(c1)NC(=O)CO2. The zero-order chi connectivity index (χ0) is 16.2. The lowest BCUT2D eigenvalue weighted by atomic mass is 10.1. The molecular formula is C17H16N2O4. The van der Waals surface area contributed by atoms with E-state index in [0.717, 1.165) is 11.3 Å². The monoisotopic (exact) mass is 312 g/mol. The van der Waals surface area contributed by atoms with Gasteiger partial charge in [-0.05, 0) is 24.3 Å². The Hall–Kier alpha value is -3.02. The van der Waals surface area contributed by atoms with E-state index in [0.29, 0.717) is 23.5 Å². The maximum atomic E-state index is 12.3. The first kappa shape index (κ1) is 14.9. The van der Waals surface area contributed by atoms with Gasteiger partial charge in [0.1, 0.15) is 11.5 Å². The topological polar surface area (TPSA) is 76.7 Å². The maximum absolute atomic E-state index is 12.3. The molecule has 0 fully saturated rings. The molecule has 3 rings (SSSR count). The lowest BCUT2D eigenvalue weighted by Gasteiger charge is -2.18. The van der Waals surface area contributed by atoms with Gasteiger partial charge in [0.2, 0.25) is 0 Å². The number of hydrogen-bond acceptors (Lipinski definition) is 4. The van der Waals surface area contributed by atoms with E-state index >= 15 is 0 Å². The number of hydrogen-bond donors (Lipinski definition) is 2. The Morgan fingerprint density at radius 2 is 2.13 bits per heavy atom. The molecule has 0 saturated carbocycles. The van der Waals surface area contributed by atoms with Crippen LogP contribution in [0, 0.1) is 0 Å². The number of ether oxygens (including phenoxy) is 2. The van der Waals surface area contributed by atoms with Crippen molar-refractivity contribution in [1.29, 1.82) is 0 Å². The summed E-state index contributed by atoms with van der Waals surface area (Å²) in [5.74, 6) is 0.812. The number of rotatable bonds is 4. The van der Waals surface area contributed by atoms with Gasteiger partial charge in [-0.2, -0.15) is 0 Å². The second kappa shape index (κ2) is 6.39. The molecule has 2 aromatic rings. The predicted molar refractivity (Wildman–Crippen MR) is 84.7 cm³/mol. The van der Waals surface area contributed by atoms with E-state index in [1.807, 2.05) is 24.3 Å². The zero-order valence-electron chi connectivity index (χ0n) is 12.6. The fourth-order valence-corrected chi connectivity index (χ4v) is 2.35. The highest BCUT2D eigenvalue weighted by atomic mass is 16.5. The summed E-state index contributed by atoms with van der Waals surface area (Å²) in [7, 11) is 1.59. The largest absolute Gasteiger partial charge is 0.496 e. The van der Waals surface area contributed by atoms with Gasteiger partial charge in [0.05, 0.1) is 12.8 Å². The Morgan fingerprint density at radius 1 is 1.30 bits per heavy atom. The molecule has 1 aliphatic rings. The Labute approximate surface area is 133 Å². The average Bonchev–Trinajstić information content (AvgIpc) is 2.59. The summed E-state index contributed by atoms with van der Waals surface area (Å²) >= 11 is 0. The molecule has 0 aliphatic carbocycles. The van der Waals surface area contributed by atoms with Crippen molar-refractivity contribution in [2.45, 2.75) is 6.54 Å². The fraction of sp³-hybridized carbons (Fsp3) is 0.176. The van der Waals surface area contributed by atoms with Crippen molar-refractivity contribution in [3.05, 3.63) is 53.6 Å². The van der Waals surface area contributed by atoms with E-state index in [1.54, 1.807) is 25.3 Å². The maximum Gasteiger partial charge on any atom is 0.262 e. The average molecular weight is 312 g/mol. The molecule has 0 bridgehead atoms. The van der Waals surface area contributed by atoms with Crippen LogP contribution >= 0.6 is 0 Å². The van der Waals surface area contributed by atoms with Gasteiger partial charge < -0.3 is 20.1 Å². The summed E-state index contributed by atoms with van der Waals surface area (Å²) in [5, 5.41) is 5.52. The molecular weight excluding hydrogens is 296 g/mol. The van der Waals surface area contributed by atoms with E-state index in [4.69, 9.17) is 9.47 Å². The van der Waals surface area contributed by atoms with E-state index in [2.05, 4.69) is 10.6 Å². The number of carbonyl (C=O) groups excluding carboxylic acids is 2. The molecule has 118 valence electrons. The summed E-state index contributed by atoms with van der Waals surface area (Å²) in [6.45, 7) is 0.342. The molecule has 0 saturated heterocycles. The summed E-state index contributed by atoms with van der Waals surface area (Å²) in [6, 6.07) is 12.4. The molecule has 1 aliphatic heterocycles. The van der Waals surface area contributed by atoms with E-state index in [-0.39, 0.29) is 18.4 Å². The Balaban J connectivity index is 1.71. The van der Waals surface area contributed by atoms with Crippen LogP contribution in [0.5, 0.6) is 11.5 Å². The molecule has 0 radical (unpaired) electrons. The van der Waals surface area contributed by atoms with Crippen molar-refractivity contribution in [2.75, 3.05) is 19.0 Å². The second-order valence-electron chi connectivity index (χ2n) is 5.04. The van der Waals surface area contributed by atoms with Crippen molar-refractivity contribution >= 4 is 17.5 Å². The molecule has 0 atom stereocenters. The van der Waals surface area contributed by atoms with Gasteiger partial charge in [0.15, 0.2) is 6.61 Å². The molecule has 0 spiro atoms. The van der Waals surface area contributed by atoms with E-state index in [1.165, 1.54) is 0 Å². The van der Waals surface area contributed by atoms with Crippen LogP contribution in [0.3, 0.4) is 0 Å². The van der Waals surface area contributed by atoms with Crippen LogP contribution in [0.15, 0.2) is 42.5 Å². The molecule has 1 heterocycles. The predicted octanol–water partition coefficient (Wildman–Crippen LogP) is 1.96. The summed E-state index contributed by atoms with van der Waals surface area (Å²) < 4.78 is 10.5. The van der Waals surface area contributed by atoms with Crippen LogP contribution in [0.25, 0.3) is 0 Å². The minimum atomic E-state index is -0.237. The van der Waals surface area contributed by atoms with Crippen LogP contribution in [0.1, 0.15) is 15.9 Å². The summed E-state index contributed by atoms with van der Waals surface area (Å²) in [5.41, 5.74) is 1.84. The first-order valence-corrected chi connectivity index (χ1v) is 7.14. The fourth-order valence-electron chi connectivity index (χ4n) is 2.35. The lowest BCUT2D eigenvalue weighted by Crippen LogP contribution is -2.27. The molecule has 0 aromatic heterocycles. The summed E-state index contributed by atoms with van der Waals surface area (Å²) in [4.78, 5) is 23.6. The normalized spacial score (nSPS) is 12.7. The third kappa shape index (κ3) is 3.26. The van der Waals surface area contributed by atoms with Crippen molar-refractivity contribution in [1.82, 2.24) is 5.32 Å². The highest BCUT2D eigenvalue weighted by molar-refractivity contribution is 5.99. The van der Waals surface area contributed by atoms with E-state index < -0.39 is 0 Å². The lowest BCUT2D eigenvalue weighted by molar-refractivity contribution is -0.118. The standard InChI is InChI=1S/C17H16N2O4/c1-22-14-5-3-2-4-12(14)9-18-17(21)11-6-7-15-13(8-11)19-16(20)10-23-15/h2-8H,9-10H2,1H3,(H,18,21)(H,19,20). The van der Waals surface area contributed by atoms with Gasteiger partial charge in [-0.1, -0.05) is 18.2 Å². The van der Waals surface area contributed by atoms with Crippen molar-refractivity contribution < 1.29 is 19.1 Å². The number of carbonyl (C=O) groups is 2. The number of anilines is 1. The van der Waals surface area contributed by atoms with Gasteiger partial charge in [-0.25, -0.2) is 0 Å². The smallest absolute Gasteiger partial charge is 0.262 e. The Bertz CT molecular complexity index is 758. The minimum Gasteiger partial charge on any atom is -0.496 e. The zero-order valence-corrected chi connectivity index (χ0v) is 12.6. The summed E-state index contributed by atoms with van der Waals surface area (Å²) in [6.07, 6.45) is 0. The van der Waals surface area contributed by atoms with Gasteiger partial charge >= 0.3 is 0 Å². The molecule has 6 heteroatoms. The number of methoxy groups -OCH3 is 1. The van der Waals surface area contributed by atoms with Crippen molar-refractivity contribution in [3.63, 3.8) is 0 Å². The van der Waals surface area contributed by atoms with Crippen LogP contribution < -0.4 is 20.1 Å². The number of para-hydroxylation sites is 1. The third-order valence-electron chi connectivity index (χ3n) is 3.51. The Kier molecular flexibility index (Phi) is 4.14. The molecule has 2 amide bonds. The highest BCUT2D eigenvalue weighted by Gasteiger charge is 2.17. The van der Waals surface area contributed by atoms with Crippen molar-refractivity contribution in [3.8, 4) is 11.5 Å². The van der Waals surface area contributed by atoms with Crippen LogP contribution in [-0.4, -0.2) is 25.5 Å². The van der Waals surface area contributed by atoms with Gasteiger partial charge in [-0.15, -0.1) is 0 Å². The Morgan fingerprint density at radius 3 is 2.96 bits per heavy atom. The molecule has 23 heavy (non-hydrogen) atoms. The number of amides is 2. The first-order valence-electron chi connectivity index (χ1n) is 7.14.